The van der Waals surface area contributed by atoms with Crippen LogP contribution in [0.1, 0.15) is 78.6 Å². The van der Waals surface area contributed by atoms with Crippen LogP contribution >= 0.6 is 12.4 Å². The Kier molecular flexibility index (Phi) is 7.76. The molecule has 3 saturated carbocycles. The Labute approximate surface area is 198 Å². The van der Waals surface area contributed by atoms with Crippen molar-refractivity contribution in [2.45, 2.75) is 78.6 Å². The number of oxime groups is 1. The lowest BCUT2D eigenvalue weighted by molar-refractivity contribution is -0.117. The maximum Gasteiger partial charge on any atom is 0.433 e. The van der Waals surface area contributed by atoms with Crippen LogP contribution in [0.25, 0.3) is 0 Å². The number of carbonyl (C=O) groups excluding carboxylic acids is 2. The molecule has 0 unspecified atom stereocenters. The molecule has 0 spiro atoms. The van der Waals surface area contributed by atoms with Crippen LogP contribution in [-0.2, 0) is 9.63 Å². The second-order valence-electron chi connectivity index (χ2n) is 10.8. The highest BCUT2D eigenvalue weighted by molar-refractivity contribution is 5.91. The molecule has 0 aromatic carbocycles. The van der Waals surface area contributed by atoms with Crippen LogP contribution in [0.4, 0.5) is 4.79 Å². The smallest absolute Gasteiger partial charge is 0.330 e. The summed E-state index contributed by atoms with van der Waals surface area (Å²) in [4.78, 5) is 29.0. The molecule has 0 radical (unpaired) electrons. The number of nitrogens with zero attached hydrogens (tertiary/aromatic N) is 1. The summed E-state index contributed by atoms with van der Waals surface area (Å²) in [6, 6.07) is 0. The molecular formula is C25H40ClN3O3. The van der Waals surface area contributed by atoms with Crippen molar-refractivity contribution in [1.29, 1.82) is 0 Å². The van der Waals surface area contributed by atoms with Crippen LogP contribution in [0.5, 0.6) is 0 Å². The maximum atomic E-state index is 12.0. The fourth-order valence-corrected chi connectivity index (χ4v) is 7.75. The van der Waals surface area contributed by atoms with Crippen LogP contribution in [0.2, 0.25) is 0 Å². The minimum absolute atomic E-state index is 0. The molecule has 4 aliphatic rings. The van der Waals surface area contributed by atoms with Gasteiger partial charge in [-0.15, -0.1) is 12.4 Å². The van der Waals surface area contributed by atoms with Crippen LogP contribution in [-0.4, -0.2) is 30.7 Å². The molecule has 1 amide bonds. The third kappa shape index (κ3) is 4.37. The van der Waals surface area contributed by atoms with E-state index in [2.05, 4.69) is 24.3 Å². The van der Waals surface area contributed by atoms with E-state index in [0.717, 1.165) is 37.3 Å². The zero-order valence-corrected chi connectivity index (χ0v) is 20.6. The van der Waals surface area contributed by atoms with E-state index in [1.807, 2.05) is 13.0 Å². The highest BCUT2D eigenvalue weighted by Gasteiger charge is 2.59. The zero-order chi connectivity index (χ0) is 22.2. The summed E-state index contributed by atoms with van der Waals surface area (Å²) >= 11 is 0. The van der Waals surface area contributed by atoms with Gasteiger partial charge in [0.15, 0.2) is 5.78 Å². The van der Waals surface area contributed by atoms with Gasteiger partial charge in [-0.2, -0.15) is 0 Å². The molecule has 0 aromatic heterocycles. The van der Waals surface area contributed by atoms with Gasteiger partial charge in [-0.25, -0.2) is 4.79 Å². The molecule has 0 saturated heterocycles. The van der Waals surface area contributed by atoms with E-state index in [1.54, 1.807) is 0 Å². The Hall–Kier alpha value is -1.40. The molecule has 32 heavy (non-hydrogen) atoms. The Balaban J connectivity index is 0.00000289. The van der Waals surface area contributed by atoms with E-state index in [4.69, 9.17) is 10.6 Å². The lowest BCUT2D eigenvalue weighted by atomic mass is 9.46. The van der Waals surface area contributed by atoms with Gasteiger partial charge in [-0.05, 0) is 99.5 Å². The molecule has 0 heterocycles. The van der Waals surface area contributed by atoms with Crippen LogP contribution in [0.3, 0.4) is 0 Å². The summed E-state index contributed by atoms with van der Waals surface area (Å²) in [5.74, 6) is 2.81. The Morgan fingerprint density at radius 3 is 2.72 bits per heavy atom. The Morgan fingerprint density at radius 1 is 1.19 bits per heavy atom. The van der Waals surface area contributed by atoms with Crippen molar-refractivity contribution in [3.63, 3.8) is 0 Å². The number of rotatable bonds is 5. The van der Waals surface area contributed by atoms with Crippen molar-refractivity contribution in [2.75, 3.05) is 13.1 Å². The number of amides is 1. The normalized spacial score (nSPS) is 38.6. The Bertz CT molecular complexity index is 797. The average Bonchev–Trinajstić information content (AvgIpc) is 3.10. The molecular weight excluding hydrogens is 426 g/mol. The number of carbonyl (C=O) groups is 2. The number of nitrogens with two attached hydrogens (primary N) is 1. The van der Waals surface area contributed by atoms with Crippen molar-refractivity contribution in [3.8, 4) is 0 Å². The van der Waals surface area contributed by atoms with Gasteiger partial charge in [-0.1, -0.05) is 24.6 Å². The summed E-state index contributed by atoms with van der Waals surface area (Å²) in [6.45, 7) is 7.95. The van der Waals surface area contributed by atoms with Crippen LogP contribution in [0, 0.1) is 34.5 Å². The van der Waals surface area contributed by atoms with Gasteiger partial charge >= 0.3 is 6.09 Å². The Morgan fingerprint density at radius 2 is 1.97 bits per heavy atom. The van der Waals surface area contributed by atoms with E-state index < -0.39 is 6.09 Å². The number of allylic oxidation sites excluding steroid dienone is 1. The van der Waals surface area contributed by atoms with Crippen molar-refractivity contribution < 1.29 is 14.4 Å². The molecule has 0 bridgehead atoms. The molecule has 7 heteroatoms. The van der Waals surface area contributed by atoms with Gasteiger partial charge in [0.1, 0.15) is 0 Å². The predicted molar refractivity (Wildman–Crippen MR) is 129 cm³/mol. The van der Waals surface area contributed by atoms with Gasteiger partial charge in [0.2, 0.25) is 0 Å². The minimum Gasteiger partial charge on any atom is -0.330 e. The van der Waals surface area contributed by atoms with Gasteiger partial charge in [0.05, 0.1) is 5.71 Å². The summed E-state index contributed by atoms with van der Waals surface area (Å²) in [7, 11) is 0. The molecule has 0 aromatic rings. The third-order valence-corrected chi connectivity index (χ3v) is 9.39. The number of nitrogens with one attached hydrogen (secondary N) is 1. The van der Waals surface area contributed by atoms with Crippen LogP contribution in [0.15, 0.2) is 16.8 Å². The van der Waals surface area contributed by atoms with Gasteiger partial charge in [0.25, 0.3) is 0 Å². The van der Waals surface area contributed by atoms with Crippen molar-refractivity contribution in [2.24, 2.45) is 45.4 Å². The minimum atomic E-state index is -0.498. The number of fused-ring (bicyclic) bond motifs is 5. The fourth-order valence-electron chi connectivity index (χ4n) is 7.75. The van der Waals surface area contributed by atoms with Gasteiger partial charge in [-0.3, -0.25) is 9.63 Å². The van der Waals surface area contributed by atoms with Crippen LogP contribution < -0.4 is 11.1 Å². The first kappa shape index (κ1) is 25.2. The fraction of sp³-hybridized carbons (Fsp3) is 0.800. The zero-order valence-electron chi connectivity index (χ0n) is 19.8. The average molecular weight is 466 g/mol. The first-order valence-electron chi connectivity index (χ1n) is 12.2. The van der Waals surface area contributed by atoms with Crippen molar-refractivity contribution >= 4 is 30.0 Å². The number of hydrogen-bond donors (Lipinski definition) is 2. The monoisotopic (exact) mass is 465 g/mol. The quantitative estimate of drug-likeness (QED) is 0.258. The van der Waals surface area contributed by atoms with Crippen molar-refractivity contribution in [1.82, 2.24) is 5.32 Å². The third-order valence-electron chi connectivity index (χ3n) is 9.39. The topological polar surface area (TPSA) is 93.8 Å². The standard InChI is InChI=1S/C25H39N3O3.ClH/c1-16(28-31-23(30)27-14-4-13-26)20-7-8-21-19-6-5-17-15-18(29)9-11-24(17,2)22(19)10-12-25(20,21)3;/h15,19-22H,4-14,26H2,1-3H3,(H,27,30);1H/b28-16+;/t19-,20+,21-,22-,24-,25+;/m0./s1. The molecule has 4 aliphatic carbocycles. The first-order valence-corrected chi connectivity index (χ1v) is 12.2. The lowest BCUT2D eigenvalue weighted by Crippen LogP contribution is -2.51. The van der Waals surface area contributed by atoms with Gasteiger partial charge in [0, 0.05) is 18.9 Å². The first-order chi connectivity index (χ1) is 14.8. The van der Waals surface area contributed by atoms with E-state index in [9.17, 15) is 9.59 Å². The molecule has 6 nitrogen and oxygen atoms in total. The number of ketones is 1. The van der Waals surface area contributed by atoms with Gasteiger partial charge < -0.3 is 11.1 Å². The molecule has 3 fully saturated rings. The molecule has 4 rings (SSSR count). The predicted octanol–water partition coefficient (Wildman–Crippen LogP) is 5.01. The summed E-state index contributed by atoms with van der Waals surface area (Å²) in [5, 5.41) is 6.93. The highest BCUT2D eigenvalue weighted by Crippen LogP contribution is 2.66. The van der Waals surface area contributed by atoms with E-state index in [0.29, 0.717) is 43.0 Å². The summed E-state index contributed by atoms with van der Waals surface area (Å²) in [6.07, 6.45) is 11.0. The maximum absolute atomic E-state index is 12.0. The second-order valence-corrected chi connectivity index (χ2v) is 10.8. The SMILES string of the molecule is C/C(=N\OC(=O)NCCCN)[C@H]1CC[C@H]2[C@@H]3CCC4=CC(=O)CC[C@]4(C)[C@H]3CC[C@]12C.Cl. The highest BCUT2D eigenvalue weighted by atomic mass is 35.5. The second kappa shape index (κ2) is 9.84. The summed E-state index contributed by atoms with van der Waals surface area (Å²) < 4.78 is 0. The van der Waals surface area contributed by atoms with Crippen molar-refractivity contribution in [3.05, 3.63) is 11.6 Å². The van der Waals surface area contributed by atoms with E-state index in [1.165, 1.54) is 31.3 Å². The van der Waals surface area contributed by atoms with E-state index in [-0.39, 0.29) is 23.2 Å². The molecule has 6 atom stereocenters. The largest absolute Gasteiger partial charge is 0.433 e. The number of hydrogen-bond acceptors (Lipinski definition) is 5. The molecule has 180 valence electrons. The van der Waals surface area contributed by atoms with E-state index >= 15 is 0 Å². The summed E-state index contributed by atoms with van der Waals surface area (Å²) in [5.41, 5.74) is 8.26. The lowest BCUT2D eigenvalue weighted by Gasteiger charge is -2.58. The molecule has 0 aliphatic heterocycles. The number of halogens is 1. The molecule has 3 N–H and O–H groups in total.